The first kappa shape index (κ1) is 23.4. The Hall–Kier alpha value is -4.45. The number of hydrogen-bond acceptors (Lipinski definition) is 8. The molecule has 1 N–H and O–H groups in total. The first-order chi connectivity index (χ1) is 21.0. The molecule has 0 saturated carbocycles. The Morgan fingerprint density at radius 3 is 2.83 bits per heavy atom. The molecule has 2 aromatic heterocycles. The number of nitrogens with one attached hydrogen (secondary N) is 1. The normalized spacial score (nSPS) is 13.1. The van der Waals surface area contributed by atoms with Gasteiger partial charge in [-0.05, 0) is 63.4 Å². The van der Waals surface area contributed by atoms with Gasteiger partial charge in [0.15, 0.2) is 5.78 Å². The van der Waals surface area contributed by atoms with Gasteiger partial charge < -0.3 is 19.7 Å². The second-order valence-electron chi connectivity index (χ2n) is 8.78. The van der Waals surface area contributed by atoms with Crippen molar-refractivity contribution < 1.29 is 19.8 Å². The summed E-state index contributed by atoms with van der Waals surface area (Å²) in [5.74, 6) is 0.368. The van der Waals surface area contributed by atoms with Crippen molar-refractivity contribution in [2.24, 2.45) is 0 Å². The van der Waals surface area contributed by atoms with Crippen molar-refractivity contribution in [1.29, 1.82) is 5.26 Å². The molecule has 2 heterocycles. The summed E-state index contributed by atoms with van der Waals surface area (Å²) in [6.45, 7) is -0.0459. The highest BCUT2D eigenvalue weighted by molar-refractivity contribution is 6.32. The SMILES string of the molecule is [2H]/C(=C\CN(C)C([2H])([2H])[2H])C(=O)Cc1cc2c(Nc3ccc(OCc4ccccn4)c(Cl)c3)c(C#N)cnc2cc1OCC. The zero-order valence-electron chi connectivity index (χ0n) is 26.1. The highest BCUT2D eigenvalue weighted by Crippen LogP contribution is 2.36. The molecule has 0 radical (unpaired) electrons. The van der Waals surface area contributed by atoms with Crippen LogP contribution in [-0.2, 0) is 17.8 Å². The maximum absolute atomic E-state index is 13.0. The number of benzene rings is 2. The number of carbonyl (C=O) groups excluding carboxylic acids is 1. The molecule has 8 nitrogen and oxygen atoms in total. The molecular formula is C31H30ClN5O3. The number of ether oxygens (including phenoxy) is 2. The van der Waals surface area contributed by atoms with Crippen molar-refractivity contribution in [2.75, 3.05) is 32.5 Å². The first-order valence-corrected chi connectivity index (χ1v) is 12.9. The van der Waals surface area contributed by atoms with E-state index < -0.39 is 12.8 Å². The van der Waals surface area contributed by atoms with Gasteiger partial charge in [-0.2, -0.15) is 5.26 Å². The molecule has 0 atom stereocenters. The van der Waals surface area contributed by atoms with Gasteiger partial charge in [0.25, 0.3) is 0 Å². The highest BCUT2D eigenvalue weighted by atomic mass is 35.5. The van der Waals surface area contributed by atoms with E-state index in [2.05, 4.69) is 21.4 Å². The lowest BCUT2D eigenvalue weighted by Crippen LogP contribution is -2.11. The lowest BCUT2D eigenvalue weighted by molar-refractivity contribution is -0.114. The summed E-state index contributed by atoms with van der Waals surface area (Å²) in [6, 6.07) is 15.9. The third-order valence-electron chi connectivity index (χ3n) is 5.75. The van der Waals surface area contributed by atoms with Gasteiger partial charge in [0, 0.05) is 52.2 Å². The number of pyridine rings is 2. The van der Waals surface area contributed by atoms with Crippen molar-refractivity contribution in [3.05, 3.63) is 94.9 Å². The number of likely N-dealkylation sites (N-methyl/N-ethyl adjacent to an activating group) is 1. The Bertz CT molecular complexity index is 1730. The number of anilines is 2. The number of hydrogen-bond donors (Lipinski definition) is 1. The minimum absolute atomic E-state index is 0.0871. The number of allylic oxidation sites excluding steroid dienone is 1. The van der Waals surface area contributed by atoms with E-state index >= 15 is 0 Å². The van der Waals surface area contributed by atoms with Gasteiger partial charge in [-0.25, -0.2) is 0 Å². The molecule has 0 aliphatic rings. The Morgan fingerprint density at radius 1 is 1.23 bits per heavy atom. The zero-order chi connectivity index (χ0) is 31.9. The largest absolute Gasteiger partial charge is 0.494 e. The third-order valence-corrected chi connectivity index (χ3v) is 6.05. The molecule has 4 aromatic rings. The lowest BCUT2D eigenvalue weighted by atomic mass is 10.0. The third kappa shape index (κ3) is 7.35. The van der Waals surface area contributed by atoms with Crippen LogP contribution >= 0.6 is 11.6 Å². The summed E-state index contributed by atoms with van der Waals surface area (Å²) in [7, 11) is 1.39. The van der Waals surface area contributed by atoms with E-state index in [0.717, 1.165) is 10.6 Å². The van der Waals surface area contributed by atoms with Gasteiger partial charge in [0.2, 0.25) is 0 Å². The van der Waals surface area contributed by atoms with Gasteiger partial charge in [-0.3, -0.25) is 14.8 Å². The monoisotopic (exact) mass is 559 g/mol. The quantitative estimate of drug-likeness (QED) is 0.208. The summed E-state index contributed by atoms with van der Waals surface area (Å²) in [6.07, 6.45) is 4.22. The minimum Gasteiger partial charge on any atom is -0.494 e. The average Bonchev–Trinajstić information content (AvgIpc) is 3.00. The predicted molar refractivity (Wildman–Crippen MR) is 157 cm³/mol. The fraction of sp³-hybridized carbons (Fsp3) is 0.226. The van der Waals surface area contributed by atoms with Gasteiger partial charge >= 0.3 is 0 Å². The molecule has 204 valence electrons. The van der Waals surface area contributed by atoms with Gasteiger partial charge in [-0.1, -0.05) is 23.7 Å². The number of nitrogens with zero attached hydrogens (tertiary/aromatic N) is 4. The molecule has 0 aliphatic carbocycles. The number of halogens is 1. The lowest BCUT2D eigenvalue weighted by Gasteiger charge is -2.16. The van der Waals surface area contributed by atoms with E-state index in [-0.39, 0.29) is 31.2 Å². The summed E-state index contributed by atoms with van der Waals surface area (Å²) >= 11 is 6.52. The van der Waals surface area contributed by atoms with Crippen LogP contribution in [0.3, 0.4) is 0 Å². The molecule has 0 saturated heterocycles. The van der Waals surface area contributed by atoms with E-state index in [1.807, 2.05) is 25.1 Å². The van der Waals surface area contributed by atoms with Crippen LogP contribution in [0.2, 0.25) is 5.02 Å². The Labute approximate surface area is 244 Å². The maximum Gasteiger partial charge on any atom is 0.159 e. The summed E-state index contributed by atoms with van der Waals surface area (Å²) < 4.78 is 42.1. The van der Waals surface area contributed by atoms with Crippen LogP contribution in [0.15, 0.2) is 73.1 Å². The van der Waals surface area contributed by atoms with Crippen LogP contribution in [0.4, 0.5) is 11.4 Å². The second-order valence-corrected chi connectivity index (χ2v) is 9.18. The van der Waals surface area contributed by atoms with Crippen LogP contribution in [0, 0.1) is 11.3 Å². The van der Waals surface area contributed by atoms with Crippen molar-refractivity contribution in [1.82, 2.24) is 14.9 Å². The number of nitriles is 1. The summed E-state index contributed by atoms with van der Waals surface area (Å²) in [4.78, 5) is 22.7. The Balaban J connectivity index is 1.64. The van der Waals surface area contributed by atoms with Crippen molar-refractivity contribution in [3.8, 4) is 17.6 Å². The fourth-order valence-corrected chi connectivity index (χ4v) is 4.14. The second kappa shape index (κ2) is 13.6. The molecule has 9 heteroatoms. The van der Waals surface area contributed by atoms with Crippen molar-refractivity contribution in [3.63, 3.8) is 0 Å². The molecule has 4 rings (SSSR count). The van der Waals surface area contributed by atoms with E-state index in [0.29, 0.717) is 51.0 Å². The fourth-order valence-electron chi connectivity index (χ4n) is 3.91. The number of rotatable bonds is 12. The topological polar surface area (TPSA) is 100 Å². The molecule has 0 bridgehead atoms. The van der Waals surface area contributed by atoms with Crippen LogP contribution in [0.1, 0.15) is 29.2 Å². The number of carbonyl (C=O) groups is 1. The van der Waals surface area contributed by atoms with E-state index in [4.69, 9.17) is 26.6 Å². The van der Waals surface area contributed by atoms with E-state index in [1.54, 1.807) is 36.5 Å². The van der Waals surface area contributed by atoms with Crippen molar-refractivity contribution >= 4 is 39.7 Å². The molecule has 0 spiro atoms. The van der Waals surface area contributed by atoms with Crippen LogP contribution in [-0.4, -0.2) is 47.8 Å². The number of fused-ring (bicyclic) bond motifs is 1. The standard InChI is InChI=1S/C31H30ClN5O3/c1-4-39-30-17-28-26(15-21(30)14-25(38)9-7-13-37(2)3)31(22(18-33)19-35-28)36-23-10-11-29(27(32)16-23)40-20-24-8-5-6-12-34-24/h5-12,15-17,19H,4,13-14,20H2,1-3H3,(H,35,36)/b9-7+/i2D3,9D. The van der Waals surface area contributed by atoms with Crippen LogP contribution < -0.4 is 14.8 Å². The highest BCUT2D eigenvalue weighted by Gasteiger charge is 2.16. The summed E-state index contributed by atoms with van der Waals surface area (Å²) in [5.41, 5.74) is 3.07. The van der Waals surface area contributed by atoms with E-state index in [9.17, 15) is 10.1 Å². The van der Waals surface area contributed by atoms with Crippen LogP contribution in [0.5, 0.6) is 11.5 Å². The van der Waals surface area contributed by atoms with Crippen molar-refractivity contribution in [2.45, 2.75) is 20.0 Å². The average molecular weight is 560 g/mol. The number of aromatic nitrogens is 2. The maximum atomic E-state index is 13.0. The van der Waals surface area contributed by atoms with Gasteiger partial charge in [0.05, 0.1) is 35.5 Å². The summed E-state index contributed by atoms with van der Waals surface area (Å²) in [5, 5.41) is 14.1. The minimum atomic E-state index is -2.34. The first-order valence-electron chi connectivity index (χ1n) is 14.5. The Kier molecular flexibility index (Phi) is 7.95. The van der Waals surface area contributed by atoms with Gasteiger partial charge in [-0.15, -0.1) is 0 Å². The molecule has 40 heavy (non-hydrogen) atoms. The molecule has 2 aromatic carbocycles. The van der Waals surface area contributed by atoms with E-state index in [1.165, 1.54) is 19.3 Å². The Morgan fingerprint density at radius 2 is 2.10 bits per heavy atom. The van der Waals surface area contributed by atoms with Gasteiger partial charge in [0.1, 0.15) is 24.2 Å². The molecule has 0 fully saturated rings. The molecule has 0 aliphatic heterocycles. The smallest absolute Gasteiger partial charge is 0.159 e. The predicted octanol–water partition coefficient (Wildman–Crippen LogP) is 6.11. The molecular weight excluding hydrogens is 526 g/mol. The number of ketones is 1. The van der Waals surface area contributed by atoms with Crippen LogP contribution in [0.25, 0.3) is 10.9 Å². The molecule has 0 amide bonds. The zero-order valence-corrected chi connectivity index (χ0v) is 22.8. The molecule has 0 unspecified atom stereocenters.